The number of aliphatic hydroxyl groups is 2. The number of hydrogen-bond acceptors (Lipinski definition) is 3. The molecule has 0 aliphatic rings. The molecule has 0 aliphatic carbocycles. The SMILES string of the molecule is CC(O)c1ccc(SC(C)C(C)O)cc1. The molecule has 0 radical (unpaired) electrons. The van der Waals surface area contributed by atoms with Gasteiger partial charge in [-0.05, 0) is 31.5 Å². The van der Waals surface area contributed by atoms with Gasteiger partial charge in [0.05, 0.1) is 12.2 Å². The van der Waals surface area contributed by atoms with Crippen LogP contribution in [0.4, 0.5) is 0 Å². The van der Waals surface area contributed by atoms with Crippen LogP contribution in [0.2, 0.25) is 0 Å². The van der Waals surface area contributed by atoms with Crippen molar-refractivity contribution in [3.8, 4) is 0 Å². The fourth-order valence-electron chi connectivity index (χ4n) is 1.14. The van der Waals surface area contributed by atoms with E-state index < -0.39 is 6.10 Å². The molecule has 0 fully saturated rings. The van der Waals surface area contributed by atoms with Crippen molar-refractivity contribution in [1.29, 1.82) is 0 Å². The molecule has 0 aromatic heterocycles. The Morgan fingerprint density at radius 2 is 1.53 bits per heavy atom. The summed E-state index contributed by atoms with van der Waals surface area (Å²) in [5.74, 6) is 0. The van der Waals surface area contributed by atoms with Crippen molar-refractivity contribution in [2.75, 3.05) is 0 Å². The molecular weight excluding hydrogens is 208 g/mol. The first-order chi connectivity index (χ1) is 7.00. The van der Waals surface area contributed by atoms with Crippen LogP contribution in [0.25, 0.3) is 0 Å². The predicted molar refractivity (Wildman–Crippen MR) is 64.1 cm³/mol. The Hall–Kier alpha value is -0.510. The molecule has 1 aromatic carbocycles. The molecule has 0 spiro atoms. The normalized spacial score (nSPS) is 17.1. The molecule has 84 valence electrons. The van der Waals surface area contributed by atoms with Gasteiger partial charge in [-0.1, -0.05) is 19.1 Å². The van der Waals surface area contributed by atoms with Gasteiger partial charge in [-0.3, -0.25) is 0 Å². The highest BCUT2D eigenvalue weighted by atomic mass is 32.2. The summed E-state index contributed by atoms with van der Waals surface area (Å²) in [6.07, 6.45) is -0.732. The molecule has 1 rings (SSSR count). The maximum Gasteiger partial charge on any atom is 0.0761 e. The van der Waals surface area contributed by atoms with E-state index in [-0.39, 0.29) is 11.4 Å². The molecule has 3 heteroatoms. The second-order valence-electron chi connectivity index (χ2n) is 3.81. The average Bonchev–Trinajstić information content (AvgIpc) is 2.18. The summed E-state index contributed by atoms with van der Waals surface area (Å²) in [5, 5.41) is 18.9. The third-order valence-corrected chi connectivity index (χ3v) is 3.67. The Kier molecular flexibility index (Phi) is 4.64. The van der Waals surface area contributed by atoms with Crippen LogP contribution >= 0.6 is 11.8 Å². The first kappa shape index (κ1) is 12.6. The molecule has 2 N–H and O–H groups in total. The van der Waals surface area contributed by atoms with E-state index in [0.717, 1.165) is 10.5 Å². The highest BCUT2D eigenvalue weighted by Gasteiger charge is 2.10. The zero-order valence-corrected chi connectivity index (χ0v) is 10.2. The highest BCUT2D eigenvalue weighted by molar-refractivity contribution is 8.00. The first-order valence-electron chi connectivity index (χ1n) is 5.13. The second-order valence-corrected chi connectivity index (χ2v) is 5.26. The average molecular weight is 226 g/mol. The minimum atomic E-state index is -0.418. The summed E-state index contributed by atoms with van der Waals surface area (Å²) in [6, 6.07) is 7.79. The Bertz CT molecular complexity index is 293. The minimum Gasteiger partial charge on any atom is -0.392 e. The lowest BCUT2D eigenvalue weighted by Gasteiger charge is -2.14. The van der Waals surface area contributed by atoms with Gasteiger partial charge in [-0.15, -0.1) is 11.8 Å². The van der Waals surface area contributed by atoms with Crippen LogP contribution in [0.15, 0.2) is 29.2 Å². The number of thioether (sulfide) groups is 1. The van der Waals surface area contributed by atoms with Crippen LogP contribution in [0.1, 0.15) is 32.4 Å². The molecule has 0 saturated heterocycles. The lowest BCUT2D eigenvalue weighted by atomic mass is 10.1. The van der Waals surface area contributed by atoms with Crippen molar-refractivity contribution in [1.82, 2.24) is 0 Å². The topological polar surface area (TPSA) is 40.5 Å². The zero-order chi connectivity index (χ0) is 11.4. The Labute approximate surface area is 95.3 Å². The Morgan fingerprint density at radius 3 is 1.93 bits per heavy atom. The molecule has 0 saturated carbocycles. The molecule has 1 aromatic rings. The quantitative estimate of drug-likeness (QED) is 0.775. The van der Waals surface area contributed by atoms with Gasteiger partial charge >= 0.3 is 0 Å². The van der Waals surface area contributed by atoms with Crippen molar-refractivity contribution in [3.63, 3.8) is 0 Å². The molecule has 0 heterocycles. The second kappa shape index (κ2) is 5.54. The van der Waals surface area contributed by atoms with Crippen LogP contribution < -0.4 is 0 Å². The standard InChI is InChI=1S/C12H18O2S/c1-8(13)10(3)15-12-6-4-11(5-7-12)9(2)14/h4-10,13-14H,1-3H3. The van der Waals surface area contributed by atoms with Crippen LogP contribution in [-0.4, -0.2) is 21.6 Å². The number of hydrogen-bond donors (Lipinski definition) is 2. The van der Waals surface area contributed by atoms with Gasteiger partial charge in [0, 0.05) is 10.1 Å². The highest BCUT2D eigenvalue weighted by Crippen LogP contribution is 2.26. The summed E-state index contributed by atoms with van der Waals surface area (Å²) < 4.78 is 0. The molecule has 15 heavy (non-hydrogen) atoms. The van der Waals surface area contributed by atoms with Gasteiger partial charge in [0.25, 0.3) is 0 Å². The largest absolute Gasteiger partial charge is 0.392 e. The number of rotatable bonds is 4. The van der Waals surface area contributed by atoms with Crippen molar-refractivity contribution in [2.45, 2.75) is 43.1 Å². The van der Waals surface area contributed by atoms with E-state index in [1.54, 1.807) is 25.6 Å². The summed E-state index contributed by atoms with van der Waals surface area (Å²) in [6.45, 7) is 5.54. The predicted octanol–water partition coefficient (Wildman–Crippen LogP) is 2.60. The molecule has 3 atom stereocenters. The Morgan fingerprint density at radius 1 is 1.00 bits per heavy atom. The molecule has 3 unspecified atom stereocenters. The number of aliphatic hydroxyl groups excluding tert-OH is 2. The molecular formula is C12H18O2S. The maximum absolute atomic E-state index is 9.36. The third kappa shape index (κ3) is 3.86. The lowest BCUT2D eigenvalue weighted by molar-refractivity contribution is 0.196. The van der Waals surface area contributed by atoms with Gasteiger partial charge in [0.15, 0.2) is 0 Å². The maximum atomic E-state index is 9.36. The summed E-state index contributed by atoms with van der Waals surface area (Å²) in [5.41, 5.74) is 0.920. The van der Waals surface area contributed by atoms with Crippen molar-refractivity contribution < 1.29 is 10.2 Å². The van der Waals surface area contributed by atoms with Crippen molar-refractivity contribution in [3.05, 3.63) is 29.8 Å². The van der Waals surface area contributed by atoms with E-state index in [9.17, 15) is 10.2 Å². The van der Waals surface area contributed by atoms with Gasteiger partial charge < -0.3 is 10.2 Å². The van der Waals surface area contributed by atoms with Crippen LogP contribution in [0.5, 0.6) is 0 Å². The Balaban J connectivity index is 2.64. The van der Waals surface area contributed by atoms with Crippen LogP contribution in [0, 0.1) is 0 Å². The van der Waals surface area contributed by atoms with E-state index in [0.29, 0.717) is 0 Å². The number of benzene rings is 1. The minimum absolute atomic E-state index is 0.183. The van der Waals surface area contributed by atoms with E-state index in [2.05, 4.69) is 0 Å². The van der Waals surface area contributed by atoms with E-state index >= 15 is 0 Å². The summed E-state index contributed by atoms with van der Waals surface area (Å²) in [4.78, 5) is 1.12. The zero-order valence-electron chi connectivity index (χ0n) is 9.34. The third-order valence-electron chi connectivity index (χ3n) is 2.36. The van der Waals surface area contributed by atoms with Crippen molar-refractivity contribution >= 4 is 11.8 Å². The van der Waals surface area contributed by atoms with Gasteiger partial charge in [0.2, 0.25) is 0 Å². The van der Waals surface area contributed by atoms with E-state index in [1.807, 2.05) is 31.2 Å². The molecule has 0 amide bonds. The molecule has 2 nitrogen and oxygen atoms in total. The summed E-state index contributed by atoms with van der Waals surface area (Å²) >= 11 is 1.64. The molecule has 0 aliphatic heterocycles. The fraction of sp³-hybridized carbons (Fsp3) is 0.500. The van der Waals surface area contributed by atoms with E-state index in [4.69, 9.17) is 0 Å². The van der Waals surface area contributed by atoms with Gasteiger partial charge in [0.1, 0.15) is 0 Å². The van der Waals surface area contributed by atoms with Crippen LogP contribution in [-0.2, 0) is 0 Å². The van der Waals surface area contributed by atoms with Crippen LogP contribution in [0.3, 0.4) is 0 Å². The van der Waals surface area contributed by atoms with Gasteiger partial charge in [-0.25, -0.2) is 0 Å². The fourth-order valence-corrected chi connectivity index (χ4v) is 2.06. The molecule has 0 bridgehead atoms. The monoisotopic (exact) mass is 226 g/mol. The van der Waals surface area contributed by atoms with Gasteiger partial charge in [-0.2, -0.15) is 0 Å². The summed E-state index contributed by atoms with van der Waals surface area (Å²) in [7, 11) is 0. The smallest absolute Gasteiger partial charge is 0.0761 e. The van der Waals surface area contributed by atoms with Crippen molar-refractivity contribution in [2.24, 2.45) is 0 Å². The first-order valence-corrected chi connectivity index (χ1v) is 6.01. The lowest BCUT2D eigenvalue weighted by Crippen LogP contribution is -2.14. The van der Waals surface area contributed by atoms with E-state index in [1.165, 1.54) is 0 Å².